The minimum absolute atomic E-state index is 0.0622. The van der Waals surface area contributed by atoms with E-state index in [1.807, 2.05) is 40.8 Å². The molecular weight excluding hydrogens is 426 g/mol. The van der Waals surface area contributed by atoms with Gasteiger partial charge in [-0.05, 0) is 42.7 Å². The smallest absolute Gasteiger partial charge is 0.233 e. The summed E-state index contributed by atoms with van der Waals surface area (Å²) < 4.78 is 13.5. The Balaban J connectivity index is 1.27. The molecule has 0 saturated carbocycles. The van der Waals surface area contributed by atoms with Gasteiger partial charge in [0.2, 0.25) is 5.91 Å². The Kier molecular flexibility index (Phi) is 5.98. The summed E-state index contributed by atoms with van der Waals surface area (Å²) in [6.45, 7) is 2.09. The molecule has 0 N–H and O–H groups in total. The summed E-state index contributed by atoms with van der Waals surface area (Å²) in [6, 6.07) is 9.91. The zero-order chi connectivity index (χ0) is 21.9. The summed E-state index contributed by atoms with van der Waals surface area (Å²) in [7, 11) is 1.92. The highest BCUT2D eigenvalue weighted by Gasteiger charge is 2.31. The molecule has 1 amide bonds. The van der Waals surface area contributed by atoms with Gasteiger partial charge < -0.3 is 18.9 Å². The predicted molar refractivity (Wildman–Crippen MR) is 121 cm³/mol. The SMILES string of the molecule is Cn1c(SCC(=O)N2CCCC2c2ccc3c(c2)OCCCO3)nnc1-c1ccncc1. The van der Waals surface area contributed by atoms with E-state index in [0.717, 1.165) is 59.4 Å². The molecule has 1 saturated heterocycles. The van der Waals surface area contributed by atoms with Gasteiger partial charge in [0.1, 0.15) is 0 Å². The molecule has 1 aromatic carbocycles. The minimum Gasteiger partial charge on any atom is -0.490 e. The van der Waals surface area contributed by atoms with Gasteiger partial charge in [-0.2, -0.15) is 0 Å². The Morgan fingerprint density at radius 2 is 1.91 bits per heavy atom. The topological polar surface area (TPSA) is 82.4 Å². The summed E-state index contributed by atoms with van der Waals surface area (Å²) in [5.74, 6) is 2.75. The number of likely N-dealkylation sites (tertiary alicyclic amines) is 1. The number of fused-ring (bicyclic) bond motifs is 1. The van der Waals surface area contributed by atoms with Crippen molar-refractivity contribution in [2.75, 3.05) is 25.5 Å². The highest BCUT2D eigenvalue weighted by atomic mass is 32.2. The lowest BCUT2D eigenvalue weighted by molar-refractivity contribution is -0.129. The molecule has 9 heteroatoms. The number of amides is 1. The summed E-state index contributed by atoms with van der Waals surface area (Å²) in [4.78, 5) is 19.1. The highest BCUT2D eigenvalue weighted by Crippen LogP contribution is 2.38. The second kappa shape index (κ2) is 9.20. The van der Waals surface area contributed by atoms with Gasteiger partial charge in [-0.3, -0.25) is 9.78 Å². The first kappa shape index (κ1) is 20.8. The number of carbonyl (C=O) groups is 1. The van der Waals surface area contributed by atoms with E-state index >= 15 is 0 Å². The fourth-order valence-corrected chi connectivity index (χ4v) is 5.00. The Hall–Kier alpha value is -3.07. The maximum absolute atomic E-state index is 13.1. The van der Waals surface area contributed by atoms with Crippen LogP contribution in [0.3, 0.4) is 0 Å². The van der Waals surface area contributed by atoms with E-state index in [0.29, 0.717) is 19.0 Å². The molecule has 0 radical (unpaired) electrons. The van der Waals surface area contributed by atoms with E-state index in [1.165, 1.54) is 11.8 Å². The molecule has 4 heterocycles. The molecule has 32 heavy (non-hydrogen) atoms. The van der Waals surface area contributed by atoms with Crippen LogP contribution in [0.2, 0.25) is 0 Å². The summed E-state index contributed by atoms with van der Waals surface area (Å²) in [6.07, 6.45) is 6.28. The van der Waals surface area contributed by atoms with Crippen LogP contribution in [0, 0.1) is 0 Å². The molecule has 2 aliphatic rings. The van der Waals surface area contributed by atoms with Crippen molar-refractivity contribution in [2.45, 2.75) is 30.5 Å². The van der Waals surface area contributed by atoms with Crippen LogP contribution in [0.15, 0.2) is 47.9 Å². The zero-order valence-electron chi connectivity index (χ0n) is 17.9. The molecule has 1 fully saturated rings. The van der Waals surface area contributed by atoms with Crippen molar-refractivity contribution in [1.29, 1.82) is 0 Å². The first-order valence-corrected chi connectivity index (χ1v) is 11.8. The van der Waals surface area contributed by atoms with Gasteiger partial charge in [0.25, 0.3) is 0 Å². The quantitative estimate of drug-likeness (QED) is 0.549. The van der Waals surface area contributed by atoms with Crippen molar-refractivity contribution in [3.05, 3.63) is 48.3 Å². The molecule has 1 unspecified atom stereocenters. The number of pyridine rings is 1. The fourth-order valence-electron chi connectivity index (χ4n) is 4.20. The molecule has 166 valence electrons. The second-order valence-corrected chi connectivity index (χ2v) is 8.83. The lowest BCUT2D eigenvalue weighted by atomic mass is 10.0. The van der Waals surface area contributed by atoms with Crippen LogP contribution < -0.4 is 9.47 Å². The molecule has 2 aromatic heterocycles. The average Bonchev–Trinajstić information content (AvgIpc) is 3.38. The molecular formula is C23H25N5O3S. The molecule has 2 aliphatic heterocycles. The molecule has 0 bridgehead atoms. The van der Waals surface area contributed by atoms with E-state index in [4.69, 9.17) is 9.47 Å². The first-order chi connectivity index (χ1) is 15.7. The largest absolute Gasteiger partial charge is 0.490 e. The van der Waals surface area contributed by atoms with Gasteiger partial charge in [-0.25, -0.2) is 0 Å². The Labute approximate surface area is 191 Å². The van der Waals surface area contributed by atoms with Crippen molar-refractivity contribution < 1.29 is 14.3 Å². The van der Waals surface area contributed by atoms with Crippen molar-refractivity contribution in [3.63, 3.8) is 0 Å². The van der Waals surface area contributed by atoms with Gasteiger partial charge in [0.05, 0.1) is 25.0 Å². The van der Waals surface area contributed by atoms with E-state index in [2.05, 4.69) is 21.2 Å². The van der Waals surface area contributed by atoms with Crippen molar-refractivity contribution >= 4 is 17.7 Å². The number of rotatable bonds is 5. The van der Waals surface area contributed by atoms with E-state index in [-0.39, 0.29) is 11.9 Å². The van der Waals surface area contributed by atoms with Crippen LogP contribution in [0.25, 0.3) is 11.4 Å². The summed E-state index contributed by atoms with van der Waals surface area (Å²) in [5, 5.41) is 9.28. The molecule has 1 atom stereocenters. The number of nitrogens with zero attached hydrogens (tertiary/aromatic N) is 5. The van der Waals surface area contributed by atoms with Crippen molar-refractivity contribution in [1.82, 2.24) is 24.6 Å². The van der Waals surface area contributed by atoms with E-state index in [9.17, 15) is 4.79 Å². The Morgan fingerprint density at radius 3 is 2.75 bits per heavy atom. The molecule has 0 spiro atoms. The number of ether oxygens (including phenoxy) is 2. The van der Waals surface area contributed by atoms with Crippen LogP contribution in [-0.4, -0.2) is 56.1 Å². The third-order valence-electron chi connectivity index (χ3n) is 5.83. The maximum atomic E-state index is 13.1. The van der Waals surface area contributed by atoms with E-state index in [1.54, 1.807) is 12.4 Å². The number of aromatic nitrogens is 4. The van der Waals surface area contributed by atoms with Gasteiger partial charge in [-0.15, -0.1) is 10.2 Å². The van der Waals surface area contributed by atoms with Crippen molar-refractivity contribution in [2.24, 2.45) is 7.05 Å². The van der Waals surface area contributed by atoms with Gasteiger partial charge in [0.15, 0.2) is 22.5 Å². The third kappa shape index (κ3) is 4.17. The molecule has 5 rings (SSSR count). The molecule has 0 aliphatic carbocycles. The number of hydrogen-bond donors (Lipinski definition) is 0. The van der Waals surface area contributed by atoms with Crippen LogP contribution in [0.5, 0.6) is 11.5 Å². The minimum atomic E-state index is 0.0622. The van der Waals surface area contributed by atoms with Crippen LogP contribution in [0.4, 0.5) is 0 Å². The fraction of sp³-hybridized carbons (Fsp3) is 0.391. The molecule has 8 nitrogen and oxygen atoms in total. The molecule has 3 aromatic rings. The standard InChI is InChI=1S/C23H25N5O3S/c1-27-22(16-7-9-24-10-8-16)25-26-23(27)32-15-21(29)28-11-2-4-18(28)17-5-6-19-20(14-17)31-13-3-12-30-19/h5-10,14,18H,2-4,11-13,15H2,1H3. The normalized spacial score (nSPS) is 17.9. The average molecular weight is 452 g/mol. The number of hydrogen-bond acceptors (Lipinski definition) is 7. The van der Waals surface area contributed by atoms with Crippen LogP contribution in [0.1, 0.15) is 30.9 Å². The van der Waals surface area contributed by atoms with Crippen molar-refractivity contribution in [3.8, 4) is 22.9 Å². The summed E-state index contributed by atoms with van der Waals surface area (Å²) in [5.41, 5.74) is 2.05. The number of thioether (sulfide) groups is 1. The second-order valence-electron chi connectivity index (χ2n) is 7.89. The van der Waals surface area contributed by atoms with Crippen LogP contribution >= 0.6 is 11.8 Å². The monoisotopic (exact) mass is 451 g/mol. The highest BCUT2D eigenvalue weighted by molar-refractivity contribution is 7.99. The number of benzene rings is 1. The first-order valence-electron chi connectivity index (χ1n) is 10.8. The Morgan fingerprint density at radius 1 is 1.09 bits per heavy atom. The van der Waals surface area contributed by atoms with E-state index < -0.39 is 0 Å². The number of carbonyl (C=O) groups excluding carboxylic acids is 1. The maximum Gasteiger partial charge on any atom is 0.233 e. The van der Waals surface area contributed by atoms with Gasteiger partial charge in [0, 0.05) is 38.0 Å². The Bertz CT molecular complexity index is 1100. The predicted octanol–water partition coefficient (Wildman–Crippen LogP) is 3.49. The van der Waals surface area contributed by atoms with Gasteiger partial charge >= 0.3 is 0 Å². The van der Waals surface area contributed by atoms with Crippen LogP contribution in [-0.2, 0) is 11.8 Å². The lowest BCUT2D eigenvalue weighted by Crippen LogP contribution is -2.32. The zero-order valence-corrected chi connectivity index (χ0v) is 18.8. The summed E-state index contributed by atoms with van der Waals surface area (Å²) >= 11 is 1.42. The van der Waals surface area contributed by atoms with Gasteiger partial charge in [-0.1, -0.05) is 17.8 Å². The lowest BCUT2D eigenvalue weighted by Gasteiger charge is -2.25. The third-order valence-corrected chi connectivity index (χ3v) is 6.83.